The molecule has 1 aromatic rings. The number of hydrogen-bond acceptors (Lipinski definition) is 4. The van der Waals surface area contributed by atoms with E-state index in [-0.39, 0.29) is 22.9 Å². The molecule has 0 atom stereocenters. The maximum atomic E-state index is 10.9. The Balaban J connectivity index is 3.23. The second-order valence-corrected chi connectivity index (χ2v) is 3.68. The Bertz CT molecular complexity index is 450. The van der Waals surface area contributed by atoms with Gasteiger partial charge in [0.25, 0.3) is 0 Å². The van der Waals surface area contributed by atoms with Crippen molar-refractivity contribution in [3.8, 4) is 0 Å². The number of hydrogen-bond donors (Lipinski definition) is 1. The molecule has 0 fully saturated rings. The van der Waals surface area contributed by atoms with E-state index in [1.54, 1.807) is 13.0 Å². The van der Waals surface area contributed by atoms with E-state index in [1.807, 2.05) is 0 Å². The molecule has 0 aliphatic heterocycles. The third-order valence-corrected chi connectivity index (χ3v) is 2.50. The molecule has 6 nitrogen and oxygen atoms in total. The summed E-state index contributed by atoms with van der Waals surface area (Å²) in [6.07, 6.45) is 0. The van der Waals surface area contributed by atoms with Crippen molar-refractivity contribution in [1.29, 1.82) is 0 Å². The second kappa shape index (κ2) is 5.49. The molecule has 0 radical (unpaired) electrons. The maximum Gasteiger partial charge on any atom is 0.323 e. The van der Waals surface area contributed by atoms with Crippen molar-refractivity contribution in [3.05, 3.63) is 33.3 Å². The van der Waals surface area contributed by atoms with Crippen LogP contribution in [0, 0.1) is 10.1 Å². The van der Waals surface area contributed by atoms with Gasteiger partial charge in [0.15, 0.2) is 0 Å². The largest absolute Gasteiger partial charge is 0.480 e. The molecule has 0 aliphatic rings. The van der Waals surface area contributed by atoms with E-state index in [4.69, 9.17) is 16.7 Å². The molecule has 0 saturated carbocycles. The number of aliphatic carboxylic acids is 1. The third-order valence-electron chi connectivity index (χ3n) is 2.20. The van der Waals surface area contributed by atoms with Crippen LogP contribution in [0.2, 0.25) is 5.02 Å². The van der Waals surface area contributed by atoms with Gasteiger partial charge in [-0.25, -0.2) is 0 Å². The first-order chi connectivity index (χ1) is 7.97. The van der Waals surface area contributed by atoms with Gasteiger partial charge in [-0.1, -0.05) is 17.7 Å². The zero-order valence-corrected chi connectivity index (χ0v) is 9.85. The van der Waals surface area contributed by atoms with Crippen LogP contribution in [0.3, 0.4) is 0 Å². The van der Waals surface area contributed by atoms with Crippen LogP contribution in [0.1, 0.15) is 6.92 Å². The lowest BCUT2D eigenvalue weighted by Crippen LogP contribution is -2.29. The summed E-state index contributed by atoms with van der Waals surface area (Å²) >= 11 is 5.75. The number of nitro benzene ring substituents is 1. The second-order valence-electron chi connectivity index (χ2n) is 3.27. The molecular formula is C10H11ClN2O4. The molecule has 0 aromatic heterocycles. The highest BCUT2D eigenvalue weighted by Crippen LogP contribution is 2.34. The van der Waals surface area contributed by atoms with Crippen LogP contribution in [0.4, 0.5) is 11.4 Å². The van der Waals surface area contributed by atoms with Crippen molar-refractivity contribution in [2.24, 2.45) is 0 Å². The Hall–Kier alpha value is -1.82. The topological polar surface area (TPSA) is 83.7 Å². The molecule has 1 rings (SSSR count). The normalized spacial score (nSPS) is 10.0. The number of nitro groups is 1. The Morgan fingerprint density at radius 1 is 1.59 bits per heavy atom. The molecule has 0 amide bonds. The minimum Gasteiger partial charge on any atom is -0.480 e. The summed E-state index contributed by atoms with van der Waals surface area (Å²) in [7, 11) is 0. The van der Waals surface area contributed by atoms with Crippen molar-refractivity contribution in [3.63, 3.8) is 0 Å². The molecule has 0 unspecified atom stereocenters. The lowest BCUT2D eigenvalue weighted by atomic mass is 10.2. The Morgan fingerprint density at radius 2 is 2.24 bits per heavy atom. The van der Waals surface area contributed by atoms with Crippen molar-refractivity contribution in [1.82, 2.24) is 0 Å². The maximum absolute atomic E-state index is 10.9. The summed E-state index contributed by atoms with van der Waals surface area (Å²) in [4.78, 5) is 22.3. The van der Waals surface area contributed by atoms with E-state index in [0.717, 1.165) is 0 Å². The van der Waals surface area contributed by atoms with E-state index < -0.39 is 10.9 Å². The van der Waals surface area contributed by atoms with Gasteiger partial charge < -0.3 is 10.0 Å². The van der Waals surface area contributed by atoms with Gasteiger partial charge in [-0.05, 0) is 19.1 Å². The highest BCUT2D eigenvalue weighted by Gasteiger charge is 2.23. The number of carboxylic acid groups (broad SMARTS) is 1. The molecule has 1 aromatic carbocycles. The number of carboxylic acids is 1. The fraction of sp³-hybridized carbons (Fsp3) is 0.300. The molecule has 1 N–H and O–H groups in total. The number of halogens is 1. The monoisotopic (exact) mass is 258 g/mol. The number of carbonyl (C=O) groups is 1. The number of rotatable bonds is 5. The first kappa shape index (κ1) is 13.2. The highest BCUT2D eigenvalue weighted by atomic mass is 35.5. The van der Waals surface area contributed by atoms with Gasteiger partial charge in [-0.15, -0.1) is 0 Å². The van der Waals surface area contributed by atoms with Gasteiger partial charge in [0.2, 0.25) is 0 Å². The van der Waals surface area contributed by atoms with Crippen LogP contribution in [-0.4, -0.2) is 29.1 Å². The number of likely N-dealkylation sites (N-methyl/N-ethyl adjacent to an activating group) is 1. The fourth-order valence-corrected chi connectivity index (χ4v) is 1.71. The Morgan fingerprint density at radius 3 is 2.71 bits per heavy atom. The molecular weight excluding hydrogens is 248 g/mol. The van der Waals surface area contributed by atoms with Gasteiger partial charge in [0, 0.05) is 6.54 Å². The zero-order chi connectivity index (χ0) is 13.0. The summed E-state index contributed by atoms with van der Waals surface area (Å²) in [6.45, 7) is 1.75. The van der Waals surface area contributed by atoms with Crippen LogP contribution >= 0.6 is 11.6 Å². The first-order valence-corrected chi connectivity index (χ1v) is 5.24. The van der Waals surface area contributed by atoms with Crippen molar-refractivity contribution in [2.45, 2.75) is 6.92 Å². The summed E-state index contributed by atoms with van der Waals surface area (Å²) in [6, 6.07) is 4.43. The van der Waals surface area contributed by atoms with Gasteiger partial charge in [0.1, 0.15) is 17.3 Å². The van der Waals surface area contributed by atoms with Crippen LogP contribution in [0.5, 0.6) is 0 Å². The number of nitrogens with zero attached hydrogens (tertiary/aromatic N) is 2. The van der Waals surface area contributed by atoms with E-state index in [0.29, 0.717) is 6.54 Å². The number of benzene rings is 1. The van der Waals surface area contributed by atoms with Gasteiger partial charge in [-0.3, -0.25) is 14.9 Å². The van der Waals surface area contributed by atoms with Gasteiger partial charge >= 0.3 is 11.7 Å². The van der Waals surface area contributed by atoms with Crippen LogP contribution < -0.4 is 4.90 Å². The summed E-state index contributed by atoms with van der Waals surface area (Å²) in [5, 5.41) is 19.6. The van der Waals surface area contributed by atoms with Crippen LogP contribution in [0.25, 0.3) is 0 Å². The van der Waals surface area contributed by atoms with E-state index in [1.165, 1.54) is 17.0 Å². The van der Waals surface area contributed by atoms with Crippen LogP contribution in [0.15, 0.2) is 18.2 Å². The average molecular weight is 259 g/mol. The molecule has 17 heavy (non-hydrogen) atoms. The molecule has 92 valence electrons. The number of anilines is 1. The molecule has 0 bridgehead atoms. The predicted octanol–water partition coefficient (Wildman–Crippen LogP) is 2.16. The van der Waals surface area contributed by atoms with Crippen molar-refractivity contribution < 1.29 is 14.8 Å². The average Bonchev–Trinajstić information content (AvgIpc) is 2.24. The highest BCUT2D eigenvalue weighted by molar-refractivity contribution is 6.33. The minimum atomic E-state index is -1.05. The summed E-state index contributed by atoms with van der Waals surface area (Å²) in [5.41, 5.74) is -0.0512. The van der Waals surface area contributed by atoms with Gasteiger partial charge in [-0.2, -0.15) is 0 Å². The molecule has 0 saturated heterocycles. The first-order valence-electron chi connectivity index (χ1n) is 4.87. The van der Waals surface area contributed by atoms with Crippen molar-refractivity contribution >= 4 is 28.9 Å². The van der Waals surface area contributed by atoms with Crippen molar-refractivity contribution in [2.75, 3.05) is 18.0 Å². The third kappa shape index (κ3) is 3.07. The fourth-order valence-electron chi connectivity index (χ4n) is 1.47. The molecule has 0 heterocycles. The summed E-state index contributed by atoms with van der Waals surface area (Å²) in [5.74, 6) is -1.05. The minimum absolute atomic E-state index is 0.00339. The predicted molar refractivity (Wildman–Crippen MR) is 63.6 cm³/mol. The quantitative estimate of drug-likeness (QED) is 0.646. The molecule has 0 aliphatic carbocycles. The molecule has 0 spiro atoms. The smallest absolute Gasteiger partial charge is 0.323 e. The standard InChI is InChI=1S/C10H11ClN2O4/c1-2-12(6-9(14)15)8-5-3-4-7(11)10(8)13(16)17/h3-5H,2,6H2,1H3,(H,14,15). The van der Waals surface area contributed by atoms with Gasteiger partial charge in [0.05, 0.1) is 4.92 Å². The van der Waals surface area contributed by atoms with E-state index in [2.05, 4.69) is 0 Å². The zero-order valence-electron chi connectivity index (χ0n) is 9.09. The lowest BCUT2D eigenvalue weighted by molar-refractivity contribution is -0.384. The van der Waals surface area contributed by atoms with Crippen LogP contribution in [-0.2, 0) is 4.79 Å². The lowest BCUT2D eigenvalue weighted by Gasteiger charge is -2.20. The Labute approximate surface area is 103 Å². The summed E-state index contributed by atoms with van der Waals surface area (Å²) < 4.78 is 0. The number of para-hydroxylation sites is 1. The Kier molecular flexibility index (Phi) is 4.28. The molecule has 7 heteroatoms. The van der Waals surface area contributed by atoms with E-state index >= 15 is 0 Å². The SMILES string of the molecule is CCN(CC(=O)O)c1cccc(Cl)c1[N+](=O)[O-]. The van der Waals surface area contributed by atoms with E-state index in [9.17, 15) is 14.9 Å².